The van der Waals surface area contributed by atoms with Gasteiger partial charge in [-0.05, 0) is 33.6 Å². The average molecular weight is 229 g/mol. The van der Waals surface area contributed by atoms with Crippen molar-refractivity contribution in [2.45, 2.75) is 45.6 Å². The Morgan fingerprint density at radius 1 is 1.31 bits per heavy atom. The van der Waals surface area contributed by atoms with Crippen LogP contribution >= 0.6 is 0 Å². The van der Waals surface area contributed by atoms with Crippen LogP contribution in [0.4, 0.5) is 0 Å². The van der Waals surface area contributed by atoms with Crippen molar-refractivity contribution in [2.24, 2.45) is 11.1 Å². The third kappa shape index (κ3) is 3.46. The SMILES string of the molecule is CC(C)(C)OCCOC(=O)C1(CN)CCC1. The van der Waals surface area contributed by atoms with Crippen molar-refractivity contribution in [3.8, 4) is 0 Å². The van der Waals surface area contributed by atoms with Gasteiger partial charge in [-0.2, -0.15) is 0 Å². The lowest BCUT2D eigenvalue weighted by Gasteiger charge is -2.38. The summed E-state index contributed by atoms with van der Waals surface area (Å²) < 4.78 is 10.7. The van der Waals surface area contributed by atoms with Gasteiger partial charge in [0.15, 0.2) is 0 Å². The molecule has 1 saturated carbocycles. The first-order valence-electron chi connectivity index (χ1n) is 5.91. The summed E-state index contributed by atoms with van der Waals surface area (Å²) in [6.07, 6.45) is 2.80. The molecule has 0 aromatic carbocycles. The van der Waals surface area contributed by atoms with Crippen molar-refractivity contribution in [1.29, 1.82) is 0 Å². The van der Waals surface area contributed by atoms with E-state index < -0.39 is 0 Å². The topological polar surface area (TPSA) is 61.5 Å². The highest BCUT2D eigenvalue weighted by molar-refractivity contribution is 5.78. The molecule has 2 N–H and O–H groups in total. The Labute approximate surface area is 97.5 Å². The number of rotatable bonds is 5. The monoisotopic (exact) mass is 229 g/mol. The van der Waals surface area contributed by atoms with Crippen LogP contribution in [0.1, 0.15) is 40.0 Å². The van der Waals surface area contributed by atoms with Gasteiger partial charge in [-0.3, -0.25) is 4.79 Å². The van der Waals surface area contributed by atoms with Crippen molar-refractivity contribution in [3.63, 3.8) is 0 Å². The molecule has 1 aliphatic rings. The lowest BCUT2D eigenvalue weighted by atomic mass is 9.69. The second-order valence-electron chi connectivity index (χ2n) is 5.43. The first-order valence-corrected chi connectivity index (χ1v) is 5.91. The fraction of sp³-hybridized carbons (Fsp3) is 0.917. The zero-order valence-electron chi connectivity index (χ0n) is 10.5. The smallest absolute Gasteiger partial charge is 0.313 e. The molecule has 4 nitrogen and oxygen atoms in total. The van der Waals surface area contributed by atoms with Gasteiger partial charge >= 0.3 is 5.97 Å². The molecule has 1 aliphatic carbocycles. The van der Waals surface area contributed by atoms with E-state index in [0.29, 0.717) is 19.8 Å². The molecule has 0 unspecified atom stereocenters. The summed E-state index contributed by atoms with van der Waals surface area (Å²) in [6, 6.07) is 0. The van der Waals surface area contributed by atoms with Gasteiger partial charge in [0.25, 0.3) is 0 Å². The summed E-state index contributed by atoms with van der Waals surface area (Å²) in [5.41, 5.74) is 5.04. The first kappa shape index (κ1) is 13.5. The zero-order chi connectivity index (χ0) is 12.2. The number of carbonyl (C=O) groups excluding carboxylic acids is 1. The zero-order valence-corrected chi connectivity index (χ0v) is 10.5. The van der Waals surface area contributed by atoms with Crippen LogP contribution in [0.2, 0.25) is 0 Å². The van der Waals surface area contributed by atoms with E-state index in [4.69, 9.17) is 15.2 Å². The quantitative estimate of drug-likeness (QED) is 0.573. The molecule has 0 aromatic rings. The third-order valence-corrected chi connectivity index (χ3v) is 2.99. The maximum absolute atomic E-state index is 11.7. The largest absolute Gasteiger partial charge is 0.463 e. The van der Waals surface area contributed by atoms with E-state index in [1.54, 1.807) is 0 Å². The predicted molar refractivity (Wildman–Crippen MR) is 62.0 cm³/mol. The summed E-state index contributed by atoms with van der Waals surface area (Å²) in [6.45, 7) is 7.08. The Balaban J connectivity index is 2.20. The number of nitrogens with two attached hydrogens (primary N) is 1. The van der Waals surface area contributed by atoms with E-state index in [1.807, 2.05) is 20.8 Å². The number of hydrogen-bond acceptors (Lipinski definition) is 4. The van der Waals surface area contributed by atoms with Crippen molar-refractivity contribution >= 4 is 5.97 Å². The third-order valence-electron chi connectivity index (χ3n) is 2.99. The molecule has 94 valence electrons. The molecule has 0 amide bonds. The molecule has 0 bridgehead atoms. The van der Waals surface area contributed by atoms with E-state index in [2.05, 4.69) is 0 Å². The number of ether oxygens (including phenoxy) is 2. The molecule has 0 heterocycles. The molecule has 1 rings (SSSR count). The van der Waals surface area contributed by atoms with Crippen molar-refractivity contribution in [2.75, 3.05) is 19.8 Å². The minimum Gasteiger partial charge on any atom is -0.463 e. The Morgan fingerprint density at radius 3 is 2.31 bits per heavy atom. The summed E-state index contributed by atoms with van der Waals surface area (Å²) in [5.74, 6) is -0.154. The Kier molecular flexibility index (Phi) is 4.33. The summed E-state index contributed by atoms with van der Waals surface area (Å²) in [7, 11) is 0. The number of hydrogen-bond donors (Lipinski definition) is 1. The van der Waals surface area contributed by atoms with Gasteiger partial charge in [0.2, 0.25) is 0 Å². The van der Waals surface area contributed by atoms with Gasteiger partial charge < -0.3 is 15.2 Å². The molecule has 4 heteroatoms. The van der Waals surface area contributed by atoms with Crippen molar-refractivity contribution < 1.29 is 14.3 Å². The highest BCUT2D eigenvalue weighted by atomic mass is 16.6. The van der Waals surface area contributed by atoms with Gasteiger partial charge in [0.05, 0.1) is 17.6 Å². The molecule has 0 saturated heterocycles. The average Bonchev–Trinajstić information content (AvgIpc) is 2.10. The van der Waals surface area contributed by atoms with Crippen LogP contribution in [0.15, 0.2) is 0 Å². The molecule has 16 heavy (non-hydrogen) atoms. The van der Waals surface area contributed by atoms with E-state index in [1.165, 1.54) is 0 Å². The molecular formula is C12H23NO3. The molecular weight excluding hydrogens is 206 g/mol. The van der Waals surface area contributed by atoms with Gasteiger partial charge in [-0.15, -0.1) is 0 Å². The summed E-state index contributed by atoms with van der Waals surface area (Å²) in [4.78, 5) is 11.7. The predicted octanol–water partition coefficient (Wildman–Crippen LogP) is 1.47. The molecule has 0 aromatic heterocycles. The summed E-state index contributed by atoms with van der Waals surface area (Å²) in [5, 5.41) is 0. The standard InChI is InChI=1S/C12H23NO3/c1-11(2,3)16-8-7-15-10(14)12(9-13)5-4-6-12/h4-9,13H2,1-3H3. The van der Waals surface area contributed by atoms with Gasteiger partial charge in [-0.1, -0.05) is 6.42 Å². The fourth-order valence-corrected chi connectivity index (χ4v) is 1.73. The van der Waals surface area contributed by atoms with Crippen LogP contribution in [0.3, 0.4) is 0 Å². The minimum atomic E-state index is -0.387. The molecule has 0 atom stereocenters. The van der Waals surface area contributed by atoms with Crippen LogP contribution in [0.25, 0.3) is 0 Å². The van der Waals surface area contributed by atoms with Crippen LogP contribution in [-0.2, 0) is 14.3 Å². The molecule has 0 radical (unpaired) electrons. The maximum atomic E-state index is 11.7. The second kappa shape index (κ2) is 5.15. The van der Waals surface area contributed by atoms with Crippen LogP contribution in [0.5, 0.6) is 0 Å². The molecule has 0 aliphatic heterocycles. The second-order valence-corrected chi connectivity index (χ2v) is 5.43. The minimum absolute atomic E-state index is 0.154. The Morgan fingerprint density at radius 2 is 1.94 bits per heavy atom. The molecule has 0 spiro atoms. The number of carbonyl (C=O) groups is 1. The highest BCUT2D eigenvalue weighted by Gasteiger charge is 2.44. The van der Waals surface area contributed by atoms with Crippen molar-refractivity contribution in [3.05, 3.63) is 0 Å². The molecule has 1 fully saturated rings. The highest BCUT2D eigenvalue weighted by Crippen LogP contribution is 2.40. The summed E-state index contributed by atoms with van der Waals surface area (Å²) >= 11 is 0. The Hall–Kier alpha value is -0.610. The van der Waals surface area contributed by atoms with Gasteiger partial charge in [-0.25, -0.2) is 0 Å². The van der Waals surface area contributed by atoms with Gasteiger partial charge in [0, 0.05) is 6.54 Å². The Bertz CT molecular complexity index is 236. The van der Waals surface area contributed by atoms with E-state index in [0.717, 1.165) is 19.3 Å². The van der Waals surface area contributed by atoms with Gasteiger partial charge in [0.1, 0.15) is 6.61 Å². The van der Waals surface area contributed by atoms with E-state index in [-0.39, 0.29) is 17.0 Å². The lowest BCUT2D eigenvalue weighted by Crippen LogP contribution is -2.45. The van der Waals surface area contributed by atoms with E-state index in [9.17, 15) is 4.79 Å². The number of esters is 1. The van der Waals surface area contributed by atoms with Crippen LogP contribution in [-0.4, -0.2) is 31.3 Å². The maximum Gasteiger partial charge on any atom is 0.313 e. The fourth-order valence-electron chi connectivity index (χ4n) is 1.73. The van der Waals surface area contributed by atoms with Crippen LogP contribution < -0.4 is 5.73 Å². The van der Waals surface area contributed by atoms with Crippen molar-refractivity contribution in [1.82, 2.24) is 0 Å². The van der Waals surface area contributed by atoms with Crippen LogP contribution in [0, 0.1) is 5.41 Å². The lowest BCUT2D eigenvalue weighted by molar-refractivity contribution is -0.163. The van der Waals surface area contributed by atoms with E-state index >= 15 is 0 Å². The normalized spacial score (nSPS) is 19.0. The first-order chi connectivity index (χ1) is 7.40.